The third-order valence-electron chi connectivity index (χ3n) is 3.22. The molecule has 2 N–H and O–H groups in total. The van der Waals surface area contributed by atoms with Crippen LogP contribution in [0.2, 0.25) is 5.02 Å². The minimum atomic E-state index is -0.270. The summed E-state index contributed by atoms with van der Waals surface area (Å²) in [5.74, 6) is 6.28. The Morgan fingerprint density at radius 2 is 1.95 bits per heavy atom. The van der Waals surface area contributed by atoms with Gasteiger partial charge in [0.05, 0.1) is 10.9 Å². The number of nitrogens with two attached hydrogens (primary N) is 1. The molecule has 100 valence electrons. The number of halogens is 1. The molecular weight excluding hydrogens is 274 g/mol. The summed E-state index contributed by atoms with van der Waals surface area (Å²) in [4.78, 5) is 16.9. The SMILES string of the molecule is Cc1cccc2c(=O)n(N)c(-c3cccc(Cl)c3)nc12. The van der Waals surface area contributed by atoms with Crippen LogP contribution in [-0.2, 0) is 0 Å². The smallest absolute Gasteiger partial charge is 0.280 e. The number of nitrogens with zero attached hydrogens (tertiary/aromatic N) is 2. The summed E-state index contributed by atoms with van der Waals surface area (Å²) < 4.78 is 1.06. The van der Waals surface area contributed by atoms with Gasteiger partial charge in [0.2, 0.25) is 0 Å². The summed E-state index contributed by atoms with van der Waals surface area (Å²) in [5, 5.41) is 1.08. The lowest BCUT2D eigenvalue weighted by molar-refractivity contribution is 0.926. The van der Waals surface area contributed by atoms with E-state index in [2.05, 4.69) is 4.98 Å². The molecule has 0 fully saturated rings. The average molecular weight is 286 g/mol. The molecule has 0 atom stereocenters. The summed E-state index contributed by atoms with van der Waals surface area (Å²) >= 11 is 5.98. The Hall–Kier alpha value is -2.33. The molecule has 1 aromatic heterocycles. The molecule has 0 saturated heterocycles. The normalized spacial score (nSPS) is 10.9. The van der Waals surface area contributed by atoms with Crippen LogP contribution < -0.4 is 11.4 Å². The number of aromatic nitrogens is 2. The summed E-state index contributed by atoms with van der Waals surface area (Å²) in [7, 11) is 0. The van der Waals surface area contributed by atoms with E-state index in [1.807, 2.05) is 25.1 Å². The fraction of sp³-hybridized carbons (Fsp3) is 0.0667. The Bertz CT molecular complexity index is 871. The highest BCUT2D eigenvalue weighted by Crippen LogP contribution is 2.22. The molecule has 0 amide bonds. The van der Waals surface area contributed by atoms with E-state index < -0.39 is 0 Å². The first kappa shape index (κ1) is 12.7. The van der Waals surface area contributed by atoms with Crippen LogP contribution in [0.4, 0.5) is 0 Å². The molecule has 0 aliphatic rings. The molecule has 3 rings (SSSR count). The van der Waals surface area contributed by atoms with E-state index in [9.17, 15) is 4.79 Å². The lowest BCUT2D eigenvalue weighted by atomic mass is 10.1. The molecule has 0 unspecified atom stereocenters. The highest BCUT2D eigenvalue weighted by molar-refractivity contribution is 6.30. The quantitative estimate of drug-likeness (QED) is 0.699. The molecular formula is C15H12ClN3O. The molecule has 0 bridgehead atoms. The second-order valence-corrected chi connectivity index (χ2v) is 5.03. The topological polar surface area (TPSA) is 60.9 Å². The van der Waals surface area contributed by atoms with E-state index in [1.165, 1.54) is 0 Å². The van der Waals surface area contributed by atoms with E-state index in [0.717, 1.165) is 10.2 Å². The molecule has 4 nitrogen and oxygen atoms in total. The monoisotopic (exact) mass is 285 g/mol. The van der Waals surface area contributed by atoms with Crippen molar-refractivity contribution < 1.29 is 0 Å². The molecule has 1 heterocycles. The molecule has 3 aromatic rings. The third kappa shape index (κ3) is 1.94. The number of rotatable bonds is 1. The van der Waals surface area contributed by atoms with Gasteiger partial charge < -0.3 is 5.84 Å². The van der Waals surface area contributed by atoms with Gasteiger partial charge in [0, 0.05) is 10.6 Å². The second kappa shape index (κ2) is 4.65. The van der Waals surface area contributed by atoms with Gasteiger partial charge in [-0.2, -0.15) is 0 Å². The van der Waals surface area contributed by atoms with Crippen LogP contribution in [0.25, 0.3) is 22.3 Å². The molecule has 20 heavy (non-hydrogen) atoms. The average Bonchev–Trinajstić information content (AvgIpc) is 2.43. The Balaban J connectivity index is 2.40. The Labute approximate surface area is 120 Å². The van der Waals surface area contributed by atoms with Gasteiger partial charge in [-0.05, 0) is 30.7 Å². The van der Waals surface area contributed by atoms with Crippen molar-refractivity contribution in [3.63, 3.8) is 0 Å². The summed E-state index contributed by atoms with van der Waals surface area (Å²) in [6.07, 6.45) is 0. The predicted molar refractivity (Wildman–Crippen MR) is 81.3 cm³/mol. The van der Waals surface area contributed by atoms with Gasteiger partial charge in [0.15, 0.2) is 5.82 Å². The third-order valence-corrected chi connectivity index (χ3v) is 3.45. The molecule has 0 aliphatic heterocycles. The fourth-order valence-electron chi connectivity index (χ4n) is 2.20. The van der Waals surface area contributed by atoms with Gasteiger partial charge in [-0.1, -0.05) is 35.9 Å². The summed E-state index contributed by atoms with van der Waals surface area (Å²) in [6.45, 7) is 1.91. The molecule has 5 heteroatoms. The van der Waals surface area contributed by atoms with E-state index >= 15 is 0 Å². The first-order valence-electron chi connectivity index (χ1n) is 6.11. The highest BCUT2D eigenvalue weighted by Gasteiger charge is 2.12. The summed E-state index contributed by atoms with van der Waals surface area (Å²) in [6, 6.07) is 12.6. The Kier molecular flexibility index (Phi) is 2.95. The predicted octanol–water partition coefficient (Wildman–Crippen LogP) is 2.74. The van der Waals surface area contributed by atoms with E-state index in [1.54, 1.807) is 24.3 Å². The van der Waals surface area contributed by atoms with Crippen LogP contribution in [0, 0.1) is 6.92 Å². The van der Waals surface area contributed by atoms with Crippen molar-refractivity contribution in [1.29, 1.82) is 0 Å². The van der Waals surface area contributed by atoms with Gasteiger partial charge in [-0.15, -0.1) is 0 Å². The number of para-hydroxylation sites is 1. The van der Waals surface area contributed by atoms with E-state index in [0.29, 0.717) is 27.3 Å². The zero-order chi connectivity index (χ0) is 14.3. The molecule has 0 saturated carbocycles. The van der Waals surface area contributed by atoms with Crippen molar-refractivity contribution >= 4 is 22.5 Å². The van der Waals surface area contributed by atoms with Crippen molar-refractivity contribution in [1.82, 2.24) is 9.66 Å². The maximum atomic E-state index is 12.3. The molecule has 0 aliphatic carbocycles. The van der Waals surface area contributed by atoms with Crippen LogP contribution in [-0.4, -0.2) is 9.66 Å². The van der Waals surface area contributed by atoms with Gasteiger partial charge in [-0.3, -0.25) is 4.79 Å². The van der Waals surface area contributed by atoms with Crippen LogP contribution in [0.3, 0.4) is 0 Å². The van der Waals surface area contributed by atoms with Crippen molar-refractivity contribution in [3.8, 4) is 11.4 Å². The minimum absolute atomic E-state index is 0.270. The van der Waals surface area contributed by atoms with Crippen LogP contribution in [0.15, 0.2) is 47.3 Å². The van der Waals surface area contributed by atoms with Crippen LogP contribution in [0.1, 0.15) is 5.56 Å². The summed E-state index contributed by atoms with van der Waals surface area (Å²) in [5.41, 5.74) is 2.04. The van der Waals surface area contributed by atoms with Crippen molar-refractivity contribution in [2.75, 3.05) is 5.84 Å². The van der Waals surface area contributed by atoms with Crippen LogP contribution in [0.5, 0.6) is 0 Å². The second-order valence-electron chi connectivity index (χ2n) is 4.59. The molecule has 2 aromatic carbocycles. The zero-order valence-electron chi connectivity index (χ0n) is 10.8. The van der Waals surface area contributed by atoms with Gasteiger partial charge in [-0.25, -0.2) is 9.66 Å². The fourth-order valence-corrected chi connectivity index (χ4v) is 2.39. The first-order valence-corrected chi connectivity index (χ1v) is 6.49. The van der Waals surface area contributed by atoms with Crippen LogP contribution >= 0.6 is 11.6 Å². The first-order chi connectivity index (χ1) is 9.58. The number of aryl methyl sites for hydroxylation is 1. The van der Waals surface area contributed by atoms with Gasteiger partial charge in [0.1, 0.15) is 0 Å². The lowest BCUT2D eigenvalue weighted by Gasteiger charge is -2.10. The number of fused-ring (bicyclic) bond motifs is 1. The van der Waals surface area contributed by atoms with Crippen molar-refractivity contribution in [3.05, 3.63) is 63.4 Å². The van der Waals surface area contributed by atoms with Gasteiger partial charge >= 0.3 is 0 Å². The molecule has 0 spiro atoms. The largest absolute Gasteiger partial charge is 0.334 e. The maximum absolute atomic E-state index is 12.3. The van der Waals surface area contributed by atoms with E-state index in [-0.39, 0.29) is 5.56 Å². The zero-order valence-corrected chi connectivity index (χ0v) is 11.6. The highest BCUT2D eigenvalue weighted by atomic mass is 35.5. The Morgan fingerprint density at radius 3 is 2.70 bits per heavy atom. The Morgan fingerprint density at radius 1 is 1.20 bits per heavy atom. The van der Waals surface area contributed by atoms with Crippen molar-refractivity contribution in [2.45, 2.75) is 6.92 Å². The minimum Gasteiger partial charge on any atom is -0.334 e. The number of hydrogen-bond donors (Lipinski definition) is 1. The number of hydrogen-bond acceptors (Lipinski definition) is 3. The van der Waals surface area contributed by atoms with Crippen molar-refractivity contribution in [2.24, 2.45) is 0 Å². The lowest BCUT2D eigenvalue weighted by Crippen LogP contribution is -2.30. The number of nitrogen functional groups attached to an aromatic ring is 1. The maximum Gasteiger partial charge on any atom is 0.280 e. The van der Waals surface area contributed by atoms with E-state index in [4.69, 9.17) is 17.4 Å². The van der Waals surface area contributed by atoms with Gasteiger partial charge in [0.25, 0.3) is 5.56 Å². The molecule has 0 radical (unpaired) electrons. The standard InChI is InChI=1S/C15H12ClN3O/c1-9-4-2-7-12-13(9)18-14(19(17)15(12)20)10-5-3-6-11(16)8-10/h2-8H,17H2,1H3. The number of benzene rings is 2.